The number of aliphatic imine (C=N–C) groups is 1. The van der Waals surface area contributed by atoms with E-state index in [1.54, 1.807) is 19.1 Å². The van der Waals surface area contributed by atoms with E-state index in [0.717, 1.165) is 6.21 Å². The molecule has 0 aliphatic rings. The fraction of sp³-hybridized carbons (Fsp3) is 0.350. The van der Waals surface area contributed by atoms with Gasteiger partial charge in [-0.3, -0.25) is 4.99 Å². The van der Waals surface area contributed by atoms with E-state index in [1.807, 2.05) is 20.8 Å². The number of hydrogen-bond donors (Lipinski definition) is 1. The fourth-order valence-electron chi connectivity index (χ4n) is 2.25. The SMILES string of the molecule is C=C(C=Nc1cc(C(F)(F)F)cc(C(F)(F)F)c1)/C(O)=C(\C=C/C)C(C)(C)C. The Bertz CT molecular complexity index is 788. The number of aliphatic hydroxyl groups is 1. The Kier molecular flexibility index (Phi) is 6.93. The molecule has 1 aromatic rings. The molecule has 0 amide bonds. The van der Waals surface area contributed by atoms with E-state index in [0.29, 0.717) is 17.7 Å². The van der Waals surface area contributed by atoms with Crippen molar-refractivity contribution in [2.45, 2.75) is 40.0 Å². The molecule has 0 aromatic heterocycles. The van der Waals surface area contributed by atoms with Crippen molar-refractivity contribution >= 4 is 11.9 Å². The van der Waals surface area contributed by atoms with Crippen molar-refractivity contribution in [3.8, 4) is 0 Å². The van der Waals surface area contributed by atoms with Gasteiger partial charge >= 0.3 is 12.4 Å². The zero-order valence-electron chi connectivity index (χ0n) is 15.8. The lowest BCUT2D eigenvalue weighted by Crippen LogP contribution is -2.11. The quantitative estimate of drug-likeness (QED) is 0.240. The van der Waals surface area contributed by atoms with E-state index in [-0.39, 0.29) is 17.4 Å². The van der Waals surface area contributed by atoms with Crippen LogP contribution in [0.4, 0.5) is 32.0 Å². The molecule has 0 atom stereocenters. The van der Waals surface area contributed by atoms with Crippen molar-refractivity contribution in [3.63, 3.8) is 0 Å². The van der Waals surface area contributed by atoms with E-state index in [4.69, 9.17) is 0 Å². The number of allylic oxidation sites excluding steroid dienone is 4. The number of nitrogens with zero attached hydrogens (tertiary/aromatic N) is 1. The van der Waals surface area contributed by atoms with Crippen LogP contribution < -0.4 is 0 Å². The van der Waals surface area contributed by atoms with Gasteiger partial charge in [0.15, 0.2) is 0 Å². The molecule has 0 saturated heterocycles. The van der Waals surface area contributed by atoms with Crippen LogP contribution in [0.2, 0.25) is 0 Å². The van der Waals surface area contributed by atoms with Crippen LogP contribution >= 0.6 is 0 Å². The van der Waals surface area contributed by atoms with Crippen LogP contribution in [0.15, 0.2) is 58.8 Å². The summed E-state index contributed by atoms with van der Waals surface area (Å²) < 4.78 is 77.4. The normalized spacial score (nSPS) is 14.6. The Labute approximate surface area is 159 Å². The first-order chi connectivity index (χ1) is 12.6. The van der Waals surface area contributed by atoms with Crippen LogP contribution in [0.5, 0.6) is 0 Å². The molecule has 154 valence electrons. The smallest absolute Gasteiger partial charge is 0.416 e. The summed E-state index contributed by atoms with van der Waals surface area (Å²) in [5.41, 5.74) is -3.53. The van der Waals surface area contributed by atoms with Gasteiger partial charge in [0, 0.05) is 11.8 Å². The van der Waals surface area contributed by atoms with Gasteiger partial charge in [-0.05, 0) is 36.1 Å². The van der Waals surface area contributed by atoms with Crippen LogP contribution in [0.1, 0.15) is 38.8 Å². The zero-order valence-corrected chi connectivity index (χ0v) is 15.8. The number of benzene rings is 1. The van der Waals surface area contributed by atoms with Gasteiger partial charge in [-0.25, -0.2) is 0 Å². The average Bonchev–Trinajstić information content (AvgIpc) is 2.54. The van der Waals surface area contributed by atoms with E-state index < -0.39 is 34.6 Å². The molecule has 1 rings (SSSR count). The second-order valence-corrected chi connectivity index (χ2v) is 7.06. The van der Waals surface area contributed by atoms with Crippen molar-refractivity contribution < 1.29 is 31.4 Å². The summed E-state index contributed by atoms with van der Waals surface area (Å²) in [5, 5.41) is 10.4. The molecule has 0 fully saturated rings. The van der Waals surface area contributed by atoms with Gasteiger partial charge < -0.3 is 5.11 Å². The van der Waals surface area contributed by atoms with Crippen molar-refractivity contribution in [2.24, 2.45) is 10.4 Å². The molecule has 0 spiro atoms. The summed E-state index contributed by atoms with van der Waals surface area (Å²) in [6, 6.07) is 1.02. The van der Waals surface area contributed by atoms with Crippen LogP contribution in [0, 0.1) is 5.41 Å². The van der Waals surface area contributed by atoms with Crippen molar-refractivity contribution in [2.75, 3.05) is 0 Å². The Morgan fingerprint density at radius 2 is 1.43 bits per heavy atom. The zero-order chi connectivity index (χ0) is 21.9. The topological polar surface area (TPSA) is 32.6 Å². The fourth-order valence-corrected chi connectivity index (χ4v) is 2.25. The van der Waals surface area contributed by atoms with Crippen molar-refractivity contribution in [3.05, 3.63) is 65.0 Å². The second-order valence-electron chi connectivity index (χ2n) is 7.06. The highest BCUT2D eigenvalue weighted by molar-refractivity contribution is 5.85. The Morgan fingerprint density at radius 1 is 0.964 bits per heavy atom. The van der Waals surface area contributed by atoms with Crippen LogP contribution in [0.25, 0.3) is 0 Å². The van der Waals surface area contributed by atoms with Gasteiger partial charge in [-0.15, -0.1) is 0 Å². The molecular weight excluding hydrogens is 384 g/mol. The molecule has 0 aliphatic heterocycles. The summed E-state index contributed by atoms with van der Waals surface area (Å²) in [6.45, 7) is 10.8. The molecule has 0 radical (unpaired) electrons. The molecule has 8 heteroatoms. The second kappa shape index (κ2) is 8.24. The monoisotopic (exact) mass is 405 g/mol. The molecule has 1 N–H and O–H groups in total. The van der Waals surface area contributed by atoms with E-state index >= 15 is 0 Å². The standard InChI is InChI=1S/C20H21F6NO/c1-6-7-16(18(3,4)5)17(28)12(2)11-27-15-9-13(19(21,22)23)8-14(10-15)20(24,25)26/h6-11,28H,2H2,1,3-5H3/b7-6-,17-16-,27-11?. The number of hydrogen-bond acceptors (Lipinski definition) is 2. The highest BCUT2D eigenvalue weighted by Crippen LogP contribution is 2.38. The highest BCUT2D eigenvalue weighted by Gasteiger charge is 2.36. The summed E-state index contributed by atoms with van der Waals surface area (Å²) in [4.78, 5) is 3.66. The van der Waals surface area contributed by atoms with Gasteiger partial charge in [0.05, 0.1) is 16.8 Å². The third-order valence-electron chi connectivity index (χ3n) is 3.64. The molecule has 2 nitrogen and oxygen atoms in total. The first-order valence-corrected chi connectivity index (χ1v) is 8.16. The largest absolute Gasteiger partial charge is 0.507 e. The average molecular weight is 405 g/mol. The maximum atomic E-state index is 12.9. The minimum atomic E-state index is -4.96. The predicted molar refractivity (Wildman–Crippen MR) is 97.7 cm³/mol. The van der Waals surface area contributed by atoms with E-state index in [1.165, 1.54) is 0 Å². The minimum absolute atomic E-state index is 0.0228. The predicted octanol–water partition coefficient (Wildman–Crippen LogP) is 7.42. The van der Waals surface area contributed by atoms with Gasteiger partial charge in [0.1, 0.15) is 5.76 Å². The molecule has 0 heterocycles. The summed E-state index contributed by atoms with van der Waals surface area (Å²) in [6.07, 6.45) is -5.67. The Hall–Kier alpha value is -2.51. The van der Waals surface area contributed by atoms with E-state index in [2.05, 4.69) is 11.6 Å². The summed E-state index contributed by atoms with van der Waals surface area (Å²) in [5.74, 6) is -0.252. The molecule has 0 bridgehead atoms. The molecule has 1 aromatic carbocycles. The third kappa shape index (κ3) is 6.28. The Balaban J connectivity index is 3.40. The number of alkyl halides is 6. The number of rotatable bonds is 4. The number of halogens is 6. The maximum absolute atomic E-state index is 12.9. The molecule has 0 aliphatic carbocycles. The summed E-state index contributed by atoms with van der Waals surface area (Å²) >= 11 is 0. The van der Waals surface area contributed by atoms with Crippen molar-refractivity contribution in [1.82, 2.24) is 0 Å². The summed E-state index contributed by atoms with van der Waals surface area (Å²) in [7, 11) is 0. The third-order valence-corrected chi connectivity index (χ3v) is 3.64. The molecule has 0 unspecified atom stereocenters. The Morgan fingerprint density at radius 3 is 1.79 bits per heavy atom. The highest BCUT2D eigenvalue weighted by atomic mass is 19.4. The molecular formula is C20H21F6NO. The van der Waals surface area contributed by atoms with Crippen LogP contribution in [-0.2, 0) is 12.4 Å². The van der Waals surface area contributed by atoms with Crippen LogP contribution in [-0.4, -0.2) is 11.3 Å². The van der Waals surface area contributed by atoms with Crippen molar-refractivity contribution in [1.29, 1.82) is 0 Å². The van der Waals surface area contributed by atoms with Gasteiger partial charge in [0.2, 0.25) is 0 Å². The van der Waals surface area contributed by atoms with Gasteiger partial charge in [-0.2, -0.15) is 26.3 Å². The number of aliphatic hydroxyl groups excluding tert-OH is 1. The van der Waals surface area contributed by atoms with Gasteiger partial charge in [-0.1, -0.05) is 39.5 Å². The maximum Gasteiger partial charge on any atom is 0.416 e. The van der Waals surface area contributed by atoms with Gasteiger partial charge in [0.25, 0.3) is 0 Å². The minimum Gasteiger partial charge on any atom is -0.507 e. The molecule has 28 heavy (non-hydrogen) atoms. The van der Waals surface area contributed by atoms with E-state index in [9.17, 15) is 31.4 Å². The first kappa shape index (κ1) is 23.5. The lowest BCUT2D eigenvalue weighted by molar-refractivity contribution is -0.143. The first-order valence-electron chi connectivity index (χ1n) is 8.16. The lowest BCUT2D eigenvalue weighted by Gasteiger charge is -2.22. The van der Waals surface area contributed by atoms with Crippen LogP contribution in [0.3, 0.4) is 0 Å². The molecule has 0 saturated carbocycles. The lowest BCUT2D eigenvalue weighted by atomic mass is 9.84.